The number of hydrogen-bond acceptors (Lipinski definition) is 8. The summed E-state index contributed by atoms with van der Waals surface area (Å²) in [6, 6.07) is 36.8. The Morgan fingerprint density at radius 1 is 0.780 bits per heavy atom. The van der Waals surface area contributed by atoms with Gasteiger partial charge in [0.15, 0.2) is 0 Å². The van der Waals surface area contributed by atoms with Gasteiger partial charge in [0.25, 0.3) is 17.7 Å². The van der Waals surface area contributed by atoms with Crippen LogP contribution in [0.5, 0.6) is 0 Å². The van der Waals surface area contributed by atoms with E-state index < -0.39 is 40.7 Å². The largest absolute Gasteiger partial charge is 0.462 e. The molecule has 1 unspecified atom stereocenters. The fourth-order valence-corrected chi connectivity index (χ4v) is 8.17. The number of nitrogens with one attached hydrogen (secondary N) is 4. The highest BCUT2D eigenvalue weighted by atomic mass is 35.5. The molecule has 0 aliphatic heterocycles. The van der Waals surface area contributed by atoms with Gasteiger partial charge < -0.3 is 26.0 Å². The highest BCUT2D eigenvalue weighted by molar-refractivity contribution is 8.00. The lowest BCUT2D eigenvalue weighted by atomic mass is 10.1. The second kappa shape index (κ2) is 19.7. The summed E-state index contributed by atoms with van der Waals surface area (Å²) in [7, 11) is 0. The van der Waals surface area contributed by atoms with E-state index in [-0.39, 0.29) is 43.9 Å². The molecule has 0 saturated heterocycles. The summed E-state index contributed by atoms with van der Waals surface area (Å²) < 4.78 is 20.2. The molecule has 1 atom stereocenters. The van der Waals surface area contributed by atoms with Crippen molar-refractivity contribution in [2.45, 2.75) is 24.0 Å². The van der Waals surface area contributed by atoms with Gasteiger partial charge in [-0.3, -0.25) is 19.2 Å². The lowest BCUT2D eigenvalue weighted by Gasteiger charge is -2.18. The van der Waals surface area contributed by atoms with Crippen LogP contribution in [-0.4, -0.2) is 36.2 Å². The van der Waals surface area contributed by atoms with E-state index in [1.165, 1.54) is 30.0 Å². The summed E-state index contributed by atoms with van der Waals surface area (Å²) in [5.74, 6) is -3.69. The Bertz CT molecular complexity index is 2510. The SMILES string of the molecule is CCOC(=O)c1c(NC(=O)C(Sc2cccc(NC(=O)/C(=C\c3c(F)cccc3Cl)NC(=O)c3ccccc3)c2)c2ccccc2)sc(C(=O)Nc2ccccc2)c1C. The number of rotatable bonds is 14. The van der Waals surface area contributed by atoms with E-state index in [0.717, 1.165) is 17.4 Å². The van der Waals surface area contributed by atoms with Crippen molar-refractivity contribution < 1.29 is 33.1 Å². The van der Waals surface area contributed by atoms with Gasteiger partial charge in [-0.2, -0.15) is 0 Å². The Labute approximate surface area is 352 Å². The molecular weight excluding hydrogens is 811 g/mol. The molecule has 6 aromatic rings. The van der Waals surface area contributed by atoms with Gasteiger partial charge in [0.2, 0.25) is 5.91 Å². The first-order valence-electron chi connectivity index (χ1n) is 18.1. The number of carbonyl (C=O) groups is 5. The van der Waals surface area contributed by atoms with Gasteiger partial charge in [-0.1, -0.05) is 90.5 Å². The number of esters is 1. The third-order valence-electron chi connectivity index (χ3n) is 8.60. The molecule has 0 aliphatic carbocycles. The molecule has 1 heterocycles. The summed E-state index contributed by atoms with van der Waals surface area (Å²) in [6.07, 6.45) is 1.16. The molecular formula is C45H36ClFN4O6S2. The number of para-hydroxylation sites is 1. The zero-order valence-corrected chi connectivity index (χ0v) is 34.0. The van der Waals surface area contributed by atoms with Gasteiger partial charge in [0.05, 0.1) is 22.1 Å². The summed E-state index contributed by atoms with van der Waals surface area (Å²) >= 11 is 8.41. The zero-order chi connectivity index (χ0) is 41.9. The van der Waals surface area contributed by atoms with E-state index in [9.17, 15) is 28.4 Å². The Balaban J connectivity index is 1.27. The smallest absolute Gasteiger partial charge is 0.341 e. The maximum absolute atomic E-state index is 14.9. The lowest BCUT2D eigenvalue weighted by Crippen LogP contribution is -2.30. The summed E-state index contributed by atoms with van der Waals surface area (Å²) in [4.78, 5) is 68.7. The molecule has 0 saturated carbocycles. The maximum atomic E-state index is 14.9. The highest BCUT2D eigenvalue weighted by Gasteiger charge is 2.30. The number of halogens is 2. The summed E-state index contributed by atoms with van der Waals surface area (Å²) in [6.45, 7) is 3.37. The van der Waals surface area contributed by atoms with Gasteiger partial charge in [-0.25, -0.2) is 9.18 Å². The van der Waals surface area contributed by atoms with E-state index >= 15 is 0 Å². The maximum Gasteiger partial charge on any atom is 0.341 e. The van der Waals surface area contributed by atoms with Crippen LogP contribution in [0.15, 0.2) is 144 Å². The standard InChI is InChI=1S/C45H36ClFN4O6S2/c1-3-57-45(56)37-27(2)38(42(54)48-30-19-11-6-12-20-30)59-44(37)51-43(55)39(28-15-7-4-8-16-28)58-32-22-13-21-31(25-32)49-41(53)36(26-33-34(46)23-14-24-35(33)47)50-40(52)29-17-9-5-10-18-29/h4-26,39H,3H2,1-2H3,(H,48,54)(H,49,53)(H,50,52)(H,51,55)/b36-26+. The fourth-order valence-electron chi connectivity index (χ4n) is 5.77. The second-order valence-electron chi connectivity index (χ2n) is 12.7. The number of anilines is 3. The van der Waals surface area contributed by atoms with Crippen molar-refractivity contribution in [2.24, 2.45) is 0 Å². The number of ether oxygens (including phenoxy) is 1. The van der Waals surface area contributed by atoms with Gasteiger partial charge in [0.1, 0.15) is 21.8 Å². The van der Waals surface area contributed by atoms with Crippen LogP contribution in [0.4, 0.5) is 20.8 Å². The molecule has 14 heteroatoms. The van der Waals surface area contributed by atoms with Crippen molar-refractivity contribution in [1.29, 1.82) is 0 Å². The van der Waals surface area contributed by atoms with Gasteiger partial charge in [0, 0.05) is 27.4 Å². The zero-order valence-electron chi connectivity index (χ0n) is 31.6. The third kappa shape index (κ3) is 10.7. The monoisotopic (exact) mass is 846 g/mol. The lowest BCUT2D eigenvalue weighted by molar-refractivity contribution is -0.116. The van der Waals surface area contributed by atoms with E-state index in [1.807, 2.05) is 12.1 Å². The molecule has 5 aromatic carbocycles. The van der Waals surface area contributed by atoms with Crippen LogP contribution in [0.25, 0.3) is 6.08 Å². The minimum atomic E-state index is -0.884. The first kappa shape index (κ1) is 42.1. The first-order valence-corrected chi connectivity index (χ1v) is 20.2. The molecule has 4 N–H and O–H groups in total. The molecule has 6 rings (SSSR count). The van der Waals surface area contributed by atoms with Crippen molar-refractivity contribution in [2.75, 3.05) is 22.6 Å². The Morgan fingerprint density at radius 3 is 2.10 bits per heavy atom. The fraction of sp³-hybridized carbons (Fsp3) is 0.0889. The molecule has 4 amide bonds. The third-order valence-corrected chi connectivity index (χ3v) is 11.4. The van der Waals surface area contributed by atoms with Crippen LogP contribution in [0.1, 0.15) is 59.3 Å². The molecule has 0 fully saturated rings. The quantitative estimate of drug-likeness (QED) is 0.0486. The predicted octanol–water partition coefficient (Wildman–Crippen LogP) is 10.2. The average Bonchev–Trinajstić information content (AvgIpc) is 3.57. The average molecular weight is 847 g/mol. The van der Waals surface area contributed by atoms with Crippen LogP contribution >= 0.6 is 34.7 Å². The number of benzene rings is 5. The minimum Gasteiger partial charge on any atom is -0.462 e. The molecule has 0 bridgehead atoms. The van der Waals surface area contributed by atoms with E-state index in [2.05, 4.69) is 21.3 Å². The number of hydrogen-bond donors (Lipinski definition) is 4. The Morgan fingerprint density at radius 2 is 1.42 bits per heavy atom. The van der Waals surface area contributed by atoms with Crippen LogP contribution in [0.3, 0.4) is 0 Å². The van der Waals surface area contributed by atoms with Gasteiger partial charge >= 0.3 is 5.97 Å². The molecule has 0 aliphatic rings. The summed E-state index contributed by atoms with van der Waals surface area (Å²) in [5, 5.41) is 10.4. The Hall–Kier alpha value is -6.54. The van der Waals surface area contributed by atoms with Crippen LogP contribution in [-0.2, 0) is 14.3 Å². The molecule has 0 spiro atoms. The van der Waals surface area contributed by atoms with E-state index in [1.54, 1.807) is 117 Å². The second-order valence-corrected chi connectivity index (χ2v) is 15.3. The normalized spacial score (nSPS) is 11.6. The van der Waals surface area contributed by atoms with Crippen LogP contribution in [0, 0.1) is 12.7 Å². The number of thiophene rings is 1. The molecule has 0 radical (unpaired) electrons. The minimum absolute atomic E-state index is 0.0339. The molecule has 59 heavy (non-hydrogen) atoms. The predicted molar refractivity (Wildman–Crippen MR) is 231 cm³/mol. The van der Waals surface area contributed by atoms with Gasteiger partial charge in [-0.15, -0.1) is 23.1 Å². The van der Waals surface area contributed by atoms with Crippen molar-refractivity contribution in [1.82, 2.24) is 5.32 Å². The summed E-state index contributed by atoms with van der Waals surface area (Å²) in [5.41, 5.74) is 1.84. The molecule has 10 nitrogen and oxygen atoms in total. The Kier molecular flexibility index (Phi) is 14.1. The van der Waals surface area contributed by atoms with E-state index in [0.29, 0.717) is 27.4 Å². The number of carbonyl (C=O) groups excluding carboxylic acids is 5. The van der Waals surface area contributed by atoms with Crippen LogP contribution < -0.4 is 21.3 Å². The van der Waals surface area contributed by atoms with Crippen molar-refractivity contribution in [3.05, 3.63) is 183 Å². The van der Waals surface area contributed by atoms with Crippen molar-refractivity contribution >= 4 is 86.7 Å². The van der Waals surface area contributed by atoms with Crippen molar-refractivity contribution in [3.63, 3.8) is 0 Å². The topological polar surface area (TPSA) is 143 Å². The first-order chi connectivity index (χ1) is 28.5. The van der Waals surface area contributed by atoms with Gasteiger partial charge in [-0.05, 0) is 85.6 Å². The highest BCUT2D eigenvalue weighted by Crippen LogP contribution is 2.40. The van der Waals surface area contributed by atoms with Crippen molar-refractivity contribution in [3.8, 4) is 0 Å². The number of thioether (sulfide) groups is 1. The van der Waals surface area contributed by atoms with Crippen LogP contribution in [0.2, 0.25) is 5.02 Å². The molecule has 298 valence electrons. The van der Waals surface area contributed by atoms with E-state index in [4.69, 9.17) is 16.3 Å². The molecule has 1 aromatic heterocycles. The number of amides is 4.